The van der Waals surface area contributed by atoms with Gasteiger partial charge in [0.15, 0.2) is 5.69 Å². The summed E-state index contributed by atoms with van der Waals surface area (Å²) in [5.74, 6) is 2.09. The van der Waals surface area contributed by atoms with E-state index in [1.165, 1.54) is 19.4 Å². The van der Waals surface area contributed by atoms with Crippen molar-refractivity contribution in [2.75, 3.05) is 39.3 Å². The number of aryl methyl sites for hydroxylation is 1. The molecule has 0 bridgehead atoms. The van der Waals surface area contributed by atoms with Crippen LogP contribution < -0.4 is 0 Å². The third kappa shape index (κ3) is 3.43. The highest BCUT2D eigenvalue weighted by Crippen LogP contribution is 2.32. The molecule has 0 unspecified atom stereocenters. The van der Waals surface area contributed by atoms with Crippen LogP contribution in [0.25, 0.3) is 0 Å². The number of rotatable bonds is 3. The van der Waals surface area contributed by atoms with Gasteiger partial charge in [0.25, 0.3) is 5.91 Å². The van der Waals surface area contributed by atoms with Gasteiger partial charge in [-0.15, -0.1) is 0 Å². The second-order valence-electron chi connectivity index (χ2n) is 7.23. The van der Waals surface area contributed by atoms with Gasteiger partial charge in [-0.1, -0.05) is 5.16 Å². The number of nitrogens with zero attached hydrogens (tertiary/aromatic N) is 3. The van der Waals surface area contributed by atoms with Gasteiger partial charge in [-0.3, -0.25) is 4.79 Å². The molecule has 0 N–H and O–H groups in total. The molecule has 1 amide bonds. The van der Waals surface area contributed by atoms with Crippen LogP contribution in [-0.2, 0) is 4.74 Å². The number of aromatic nitrogens is 1. The first kappa shape index (κ1) is 15.1. The van der Waals surface area contributed by atoms with Gasteiger partial charge in [-0.2, -0.15) is 0 Å². The molecule has 1 aliphatic carbocycles. The molecule has 3 aliphatic rings. The maximum atomic E-state index is 12.5. The summed E-state index contributed by atoms with van der Waals surface area (Å²) >= 11 is 0. The normalized spacial score (nSPS) is 29.2. The molecule has 2 atom stereocenters. The molecule has 0 radical (unpaired) electrons. The monoisotopic (exact) mass is 319 g/mol. The van der Waals surface area contributed by atoms with Gasteiger partial charge < -0.3 is 19.1 Å². The minimum Gasteiger partial charge on any atom is -0.375 e. The summed E-state index contributed by atoms with van der Waals surface area (Å²) in [6, 6.07) is 1.71. The Morgan fingerprint density at radius 1 is 1.30 bits per heavy atom. The van der Waals surface area contributed by atoms with Gasteiger partial charge in [-0.25, -0.2) is 0 Å². The van der Waals surface area contributed by atoms with E-state index in [1.54, 1.807) is 13.0 Å². The number of fused-ring (bicyclic) bond motifs is 1. The highest BCUT2D eigenvalue weighted by molar-refractivity contribution is 5.92. The highest BCUT2D eigenvalue weighted by atomic mass is 16.5. The number of piperidine rings is 1. The van der Waals surface area contributed by atoms with Crippen molar-refractivity contribution in [2.45, 2.75) is 32.3 Å². The van der Waals surface area contributed by atoms with Crippen molar-refractivity contribution in [1.29, 1.82) is 0 Å². The van der Waals surface area contributed by atoms with E-state index in [0.29, 0.717) is 23.9 Å². The van der Waals surface area contributed by atoms with Gasteiger partial charge in [0.1, 0.15) is 5.76 Å². The van der Waals surface area contributed by atoms with E-state index in [0.717, 1.165) is 38.6 Å². The van der Waals surface area contributed by atoms with Crippen molar-refractivity contribution in [3.8, 4) is 0 Å². The smallest absolute Gasteiger partial charge is 0.276 e. The van der Waals surface area contributed by atoms with Crippen LogP contribution in [0.1, 0.15) is 35.5 Å². The molecular formula is C17H25N3O3. The quantitative estimate of drug-likeness (QED) is 0.846. The summed E-state index contributed by atoms with van der Waals surface area (Å²) in [5, 5.41) is 3.85. The van der Waals surface area contributed by atoms with E-state index < -0.39 is 0 Å². The number of ether oxygens (including phenoxy) is 1. The van der Waals surface area contributed by atoms with Gasteiger partial charge in [0.05, 0.1) is 12.7 Å². The summed E-state index contributed by atoms with van der Waals surface area (Å²) in [6.45, 7) is 7.41. The Hall–Kier alpha value is -1.40. The summed E-state index contributed by atoms with van der Waals surface area (Å²) in [6.07, 6.45) is 3.95. The maximum Gasteiger partial charge on any atom is 0.276 e. The topological polar surface area (TPSA) is 58.8 Å². The lowest BCUT2D eigenvalue weighted by Gasteiger charge is -2.37. The number of carbonyl (C=O) groups excluding carboxylic acids is 1. The Kier molecular flexibility index (Phi) is 4.11. The van der Waals surface area contributed by atoms with Gasteiger partial charge >= 0.3 is 0 Å². The highest BCUT2D eigenvalue weighted by Gasteiger charge is 2.36. The number of carbonyl (C=O) groups is 1. The molecule has 0 aromatic carbocycles. The Bertz CT molecular complexity index is 569. The molecule has 1 aromatic heterocycles. The number of hydrogen-bond donors (Lipinski definition) is 0. The summed E-state index contributed by atoms with van der Waals surface area (Å²) in [5.41, 5.74) is 0.407. The largest absolute Gasteiger partial charge is 0.375 e. The molecule has 3 heterocycles. The van der Waals surface area contributed by atoms with Crippen LogP contribution in [-0.4, -0.2) is 66.3 Å². The molecule has 2 saturated heterocycles. The van der Waals surface area contributed by atoms with E-state index in [1.807, 2.05) is 4.90 Å². The Morgan fingerprint density at radius 2 is 2.17 bits per heavy atom. The van der Waals surface area contributed by atoms with Gasteiger partial charge in [0.2, 0.25) is 0 Å². The van der Waals surface area contributed by atoms with E-state index >= 15 is 0 Å². The third-order valence-electron chi connectivity index (χ3n) is 5.28. The molecule has 6 heteroatoms. The van der Waals surface area contributed by atoms with Crippen molar-refractivity contribution in [1.82, 2.24) is 15.0 Å². The number of amides is 1. The van der Waals surface area contributed by atoms with Crippen LogP contribution >= 0.6 is 0 Å². The van der Waals surface area contributed by atoms with Crippen molar-refractivity contribution in [2.24, 2.45) is 11.8 Å². The van der Waals surface area contributed by atoms with Crippen LogP contribution in [0.3, 0.4) is 0 Å². The molecule has 126 valence electrons. The molecule has 4 rings (SSSR count). The zero-order chi connectivity index (χ0) is 15.8. The molecule has 2 aliphatic heterocycles. The fourth-order valence-corrected chi connectivity index (χ4v) is 3.76. The number of likely N-dealkylation sites (tertiary alicyclic amines) is 1. The van der Waals surface area contributed by atoms with Crippen molar-refractivity contribution in [3.63, 3.8) is 0 Å². The summed E-state index contributed by atoms with van der Waals surface area (Å²) in [4.78, 5) is 17.0. The molecule has 1 saturated carbocycles. The lowest BCUT2D eigenvalue weighted by atomic mass is 9.93. The van der Waals surface area contributed by atoms with Crippen LogP contribution in [0, 0.1) is 18.8 Å². The SMILES string of the molecule is Cc1cc(C(=O)N2CC[C@@H]3CN(CC4CC4)CCO[C@@H]3C2)no1. The van der Waals surface area contributed by atoms with Crippen LogP contribution in [0.5, 0.6) is 0 Å². The Labute approximate surface area is 136 Å². The van der Waals surface area contributed by atoms with E-state index in [4.69, 9.17) is 9.26 Å². The Balaban J connectivity index is 1.38. The fraction of sp³-hybridized carbons (Fsp3) is 0.765. The van der Waals surface area contributed by atoms with Crippen LogP contribution in [0.4, 0.5) is 0 Å². The second-order valence-corrected chi connectivity index (χ2v) is 7.23. The molecule has 6 nitrogen and oxygen atoms in total. The Morgan fingerprint density at radius 3 is 2.91 bits per heavy atom. The first-order chi connectivity index (χ1) is 11.2. The average molecular weight is 319 g/mol. The third-order valence-corrected chi connectivity index (χ3v) is 5.28. The van der Waals surface area contributed by atoms with E-state index in [9.17, 15) is 4.79 Å². The zero-order valence-corrected chi connectivity index (χ0v) is 13.7. The van der Waals surface area contributed by atoms with E-state index in [-0.39, 0.29) is 12.0 Å². The maximum absolute atomic E-state index is 12.5. The zero-order valence-electron chi connectivity index (χ0n) is 13.7. The van der Waals surface area contributed by atoms with E-state index in [2.05, 4.69) is 10.1 Å². The first-order valence-electron chi connectivity index (χ1n) is 8.75. The second kappa shape index (κ2) is 6.24. The standard InChI is InChI=1S/C17H25N3O3/c1-12-8-15(18-23-12)17(21)20-5-4-14-10-19(9-13-2-3-13)6-7-22-16(14)11-20/h8,13-14,16H,2-7,9-11H2,1H3/t14-,16-/m1/s1. The van der Waals surface area contributed by atoms with Crippen molar-refractivity contribution in [3.05, 3.63) is 17.5 Å². The first-order valence-corrected chi connectivity index (χ1v) is 8.75. The van der Waals surface area contributed by atoms with Gasteiger partial charge in [0, 0.05) is 44.7 Å². The average Bonchev–Trinajstić information content (AvgIpc) is 3.29. The lowest BCUT2D eigenvalue weighted by molar-refractivity contribution is -0.0173. The molecular weight excluding hydrogens is 294 g/mol. The van der Waals surface area contributed by atoms with Gasteiger partial charge in [-0.05, 0) is 32.1 Å². The van der Waals surface area contributed by atoms with Crippen LogP contribution in [0.2, 0.25) is 0 Å². The number of hydrogen-bond acceptors (Lipinski definition) is 5. The molecule has 3 fully saturated rings. The fourth-order valence-electron chi connectivity index (χ4n) is 3.76. The molecule has 1 aromatic rings. The predicted molar refractivity (Wildman–Crippen MR) is 84.2 cm³/mol. The minimum absolute atomic E-state index is 0.0389. The van der Waals surface area contributed by atoms with Crippen molar-refractivity contribution >= 4 is 5.91 Å². The molecule has 0 spiro atoms. The lowest BCUT2D eigenvalue weighted by Crippen LogP contribution is -2.49. The van der Waals surface area contributed by atoms with Crippen LogP contribution in [0.15, 0.2) is 10.6 Å². The van der Waals surface area contributed by atoms with Crippen molar-refractivity contribution < 1.29 is 14.1 Å². The summed E-state index contributed by atoms with van der Waals surface area (Å²) in [7, 11) is 0. The minimum atomic E-state index is -0.0389. The summed E-state index contributed by atoms with van der Waals surface area (Å²) < 4.78 is 11.1. The molecule has 23 heavy (non-hydrogen) atoms. The predicted octanol–water partition coefficient (Wildman–Crippen LogP) is 1.56.